The molecule has 2 rings (SSSR count). The summed E-state index contributed by atoms with van der Waals surface area (Å²) in [5.74, 6) is 0.863. The number of nitrogens with two attached hydrogens (primary N) is 1. The van der Waals surface area contributed by atoms with Crippen molar-refractivity contribution in [2.75, 3.05) is 7.11 Å². The lowest BCUT2D eigenvalue weighted by Crippen LogP contribution is -1.94. The van der Waals surface area contributed by atoms with Crippen molar-refractivity contribution >= 4 is 26.8 Å². The van der Waals surface area contributed by atoms with Crippen molar-refractivity contribution in [3.8, 4) is 5.75 Å². The van der Waals surface area contributed by atoms with Gasteiger partial charge in [-0.05, 0) is 17.7 Å². The molecule has 0 unspecified atom stereocenters. The first-order valence-corrected chi connectivity index (χ1v) is 5.48. The van der Waals surface area contributed by atoms with Gasteiger partial charge in [-0.15, -0.1) is 0 Å². The third-order valence-corrected chi connectivity index (χ3v) is 2.99. The van der Waals surface area contributed by atoms with E-state index in [1.807, 2.05) is 23.9 Å². The van der Waals surface area contributed by atoms with E-state index in [0.717, 1.165) is 26.7 Å². The van der Waals surface area contributed by atoms with Crippen molar-refractivity contribution in [3.63, 3.8) is 0 Å². The SMILES string of the molecule is COc1cc(Br)cc2c(CN)cn(C)c12. The first-order chi connectivity index (χ1) is 7.17. The number of halogens is 1. The Balaban J connectivity index is 2.85. The van der Waals surface area contributed by atoms with Gasteiger partial charge in [0, 0.05) is 29.6 Å². The molecule has 4 heteroatoms. The molecular weight excluding hydrogens is 256 g/mol. The normalized spacial score (nSPS) is 10.9. The number of nitrogens with zero attached hydrogens (tertiary/aromatic N) is 1. The zero-order chi connectivity index (χ0) is 11.0. The van der Waals surface area contributed by atoms with E-state index in [1.54, 1.807) is 7.11 Å². The van der Waals surface area contributed by atoms with Crippen molar-refractivity contribution in [2.45, 2.75) is 6.54 Å². The van der Waals surface area contributed by atoms with Crippen LogP contribution in [0.3, 0.4) is 0 Å². The molecule has 1 aromatic carbocycles. The molecule has 0 saturated carbocycles. The quantitative estimate of drug-likeness (QED) is 0.909. The highest BCUT2D eigenvalue weighted by atomic mass is 79.9. The van der Waals surface area contributed by atoms with Crippen LogP contribution in [0.2, 0.25) is 0 Å². The molecule has 1 heterocycles. The number of aromatic nitrogens is 1. The molecular formula is C11H13BrN2O. The summed E-state index contributed by atoms with van der Waals surface area (Å²) in [7, 11) is 3.67. The Morgan fingerprint density at radius 1 is 1.47 bits per heavy atom. The van der Waals surface area contributed by atoms with Crippen molar-refractivity contribution in [1.82, 2.24) is 4.57 Å². The molecule has 0 saturated heterocycles. The number of benzene rings is 1. The predicted octanol–water partition coefficient (Wildman–Crippen LogP) is 2.41. The maximum Gasteiger partial charge on any atom is 0.144 e. The molecule has 0 spiro atoms. The van der Waals surface area contributed by atoms with Gasteiger partial charge in [0.25, 0.3) is 0 Å². The first-order valence-electron chi connectivity index (χ1n) is 4.69. The minimum Gasteiger partial charge on any atom is -0.495 e. The number of methoxy groups -OCH3 is 1. The Morgan fingerprint density at radius 2 is 2.20 bits per heavy atom. The summed E-state index contributed by atoms with van der Waals surface area (Å²) in [6.45, 7) is 0.539. The molecule has 80 valence electrons. The van der Waals surface area contributed by atoms with Crippen LogP contribution in [0.4, 0.5) is 0 Å². The minimum absolute atomic E-state index is 0.539. The fourth-order valence-electron chi connectivity index (χ4n) is 1.87. The summed E-state index contributed by atoms with van der Waals surface area (Å²) < 4.78 is 8.41. The molecule has 3 nitrogen and oxygen atoms in total. The number of aryl methyl sites for hydroxylation is 1. The molecule has 0 aliphatic carbocycles. The summed E-state index contributed by atoms with van der Waals surface area (Å²) in [6, 6.07) is 4.03. The average Bonchev–Trinajstić information content (AvgIpc) is 2.54. The molecule has 0 bridgehead atoms. The van der Waals surface area contributed by atoms with Gasteiger partial charge in [0.15, 0.2) is 0 Å². The smallest absolute Gasteiger partial charge is 0.144 e. The molecule has 15 heavy (non-hydrogen) atoms. The van der Waals surface area contributed by atoms with E-state index >= 15 is 0 Å². The summed E-state index contributed by atoms with van der Waals surface area (Å²) in [5, 5.41) is 1.14. The standard InChI is InChI=1S/C11H13BrN2O/c1-14-6-7(5-13)9-3-8(12)4-10(15-2)11(9)14/h3-4,6H,5,13H2,1-2H3. The highest BCUT2D eigenvalue weighted by Gasteiger charge is 2.11. The van der Waals surface area contributed by atoms with Gasteiger partial charge in [-0.25, -0.2) is 0 Å². The van der Waals surface area contributed by atoms with E-state index in [9.17, 15) is 0 Å². The Labute approximate surface area is 96.9 Å². The molecule has 1 aromatic heterocycles. The van der Waals surface area contributed by atoms with Gasteiger partial charge in [-0.2, -0.15) is 0 Å². The van der Waals surface area contributed by atoms with Crippen LogP contribution in [-0.2, 0) is 13.6 Å². The second kappa shape index (κ2) is 3.87. The van der Waals surface area contributed by atoms with Crippen molar-refractivity contribution in [1.29, 1.82) is 0 Å². The van der Waals surface area contributed by atoms with Gasteiger partial charge >= 0.3 is 0 Å². The van der Waals surface area contributed by atoms with Crippen LogP contribution >= 0.6 is 15.9 Å². The lowest BCUT2D eigenvalue weighted by molar-refractivity contribution is 0.417. The highest BCUT2D eigenvalue weighted by Crippen LogP contribution is 2.32. The van der Waals surface area contributed by atoms with E-state index in [4.69, 9.17) is 10.5 Å². The summed E-state index contributed by atoms with van der Waals surface area (Å²) in [5.41, 5.74) is 7.92. The van der Waals surface area contributed by atoms with Crippen molar-refractivity contribution in [2.24, 2.45) is 12.8 Å². The summed E-state index contributed by atoms with van der Waals surface area (Å²) >= 11 is 3.47. The lowest BCUT2D eigenvalue weighted by atomic mass is 10.1. The molecule has 0 aliphatic heterocycles. The van der Waals surface area contributed by atoms with Gasteiger partial charge in [0.1, 0.15) is 5.75 Å². The second-order valence-electron chi connectivity index (χ2n) is 3.47. The summed E-state index contributed by atoms with van der Waals surface area (Å²) in [6.07, 6.45) is 2.04. The van der Waals surface area contributed by atoms with E-state index in [1.165, 1.54) is 0 Å². The lowest BCUT2D eigenvalue weighted by Gasteiger charge is -2.05. The largest absolute Gasteiger partial charge is 0.495 e. The number of hydrogen-bond acceptors (Lipinski definition) is 2. The maximum atomic E-state index is 5.70. The second-order valence-corrected chi connectivity index (χ2v) is 4.39. The third-order valence-electron chi connectivity index (χ3n) is 2.53. The van der Waals surface area contributed by atoms with Crippen molar-refractivity contribution in [3.05, 3.63) is 28.4 Å². The van der Waals surface area contributed by atoms with E-state index in [-0.39, 0.29) is 0 Å². The molecule has 0 atom stereocenters. The van der Waals surface area contributed by atoms with Gasteiger partial charge in [-0.1, -0.05) is 15.9 Å². The molecule has 0 aliphatic rings. The molecule has 0 amide bonds. The minimum atomic E-state index is 0.539. The van der Waals surface area contributed by atoms with Crippen LogP contribution in [0.1, 0.15) is 5.56 Å². The van der Waals surface area contributed by atoms with Crippen LogP contribution in [-0.4, -0.2) is 11.7 Å². The zero-order valence-electron chi connectivity index (χ0n) is 8.75. The van der Waals surface area contributed by atoms with Crippen LogP contribution < -0.4 is 10.5 Å². The Morgan fingerprint density at radius 3 is 2.80 bits per heavy atom. The van der Waals surface area contributed by atoms with E-state index < -0.39 is 0 Å². The topological polar surface area (TPSA) is 40.2 Å². The summed E-state index contributed by atoms with van der Waals surface area (Å²) in [4.78, 5) is 0. The van der Waals surface area contributed by atoms with Crippen LogP contribution in [0.15, 0.2) is 22.8 Å². The van der Waals surface area contributed by atoms with Crippen LogP contribution in [0.5, 0.6) is 5.75 Å². The Bertz CT molecular complexity index is 505. The Hall–Kier alpha value is -1.00. The maximum absolute atomic E-state index is 5.70. The number of rotatable bonds is 2. The van der Waals surface area contributed by atoms with Gasteiger partial charge in [0.2, 0.25) is 0 Å². The number of hydrogen-bond donors (Lipinski definition) is 1. The average molecular weight is 269 g/mol. The predicted molar refractivity (Wildman–Crippen MR) is 65.1 cm³/mol. The Kier molecular flexibility index (Phi) is 2.71. The van der Waals surface area contributed by atoms with Crippen molar-refractivity contribution < 1.29 is 4.74 Å². The zero-order valence-corrected chi connectivity index (χ0v) is 10.3. The van der Waals surface area contributed by atoms with E-state index in [0.29, 0.717) is 6.54 Å². The number of ether oxygens (including phenoxy) is 1. The van der Waals surface area contributed by atoms with Crippen LogP contribution in [0, 0.1) is 0 Å². The fourth-order valence-corrected chi connectivity index (χ4v) is 2.31. The highest BCUT2D eigenvalue weighted by molar-refractivity contribution is 9.10. The van der Waals surface area contributed by atoms with Gasteiger partial charge < -0.3 is 15.0 Å². The molecule has 0 fully saturated rings. The number of fused-ring (bicyclic) bond motifs is 1. The van der Waals surface area contributed by atoms with Gasteiger partial charge in [-0.3, -0.25) is 0 Å². The molecule has 2 aromatic rings. The monoisotopic (exact) mass is 268 g/mol. The first kappa shape index (κ1) is 10.5. The van der Waals surface area contributed by atoms with Crippen LogP contribution in [0.25, 0.3) is 10.9 Å². The third kappa shape index (κ3) is 1.64. The fraction of sp³-hybridized carbons (Fsp3) is 0.273. The van der Waals surface area contributed by atoms with Gasteiger partial charge in [0.05, 0.1) is 12.6 Å². The molecule has 0 radical (unpaired) electrons. The molecule has 2 N–H and O–H groups in total. The van der Waals surface area contributed by atoms with E-state index in [2.05, 4.69) is 22.0 Å².